The van der Waals surface area contributed by atoms with Crippen LogP contribution in [0.3, 0.4) is 0 Å². The Morgan fingerprint density at radius 3 is 2.96 bits per heavy atom. The van der Waals surface area contributed by atoms with Crippen molar-refractivity contribution in [3.05, 3.63) is 58.6 Å². The number of benzene rings is 2. The summed E-state index contributed by atoms with van der Waals surface area (Å²) in [4.78, 5) is 13.2. The number of nitrogen functional groups attached to an aromatic ring is 1. The van der Waals surface area contributed by atoms with Crippen LogP contribution in [-0.2, 0) is 11.2 Å². The third-order valence-corrected chi connectivity index (χ3v) is 5.53. The highest BCUT2D eigenvalue weighted by molar-refractivity contribution is 8.00. The second-order valence-electron chi connectivity index (χ2n) is 5.69. The summed E-state index contributed by atoms with van der Waals surface area (Å²) in [5.74, 6) is 0.398. The van der Waals surface area contributed by atoms with Crippen LogP contribution in [0.4, 0.5) is 5.69 Å². The van der Waals surface area contributed by atoms with Gasteiger partial charge in [-0.3, -0.25) is 4.79 Å². The van der Waals surface area contributed by atoms with Crippen LogP contribution in [0.5, 0.6) is 0 Å². The van der Waals surface area contributed by atoms with Gasteiger partial charge in [0.15, 0.2) is 0 Å². The van der Waals surface area contributed by atoms with Gasteiger partial charge in [-0.25, -0.2) is 0 Å². The third kappa shape index (κ3) is 4.01. The average molecular weight is 347 g/mol. The van der Waals surface area contributed by atoms with Gasteiger partial charge >= 0.3 is 0 Å². The van der Waals surface area contributed by atoms with Crippen LogP contribution in [0, 0.1) is 0 Å². The number of carbonyl (C=O) groups is 1. The summed E-state index contributed by atoms with van der Waals surface area (Å²) < 4.78 is 0. The minimum absolute atomic E-state index is 0.0320. The number of carbonyl (C=O) groups excluding carboxylic acids is 1. The van der Waals surface area contributed by atoms with Gasteiger partial charge in [0.05, 0.1) is 16.8 Å². The lowest BCUT2D eigenvalue weighted by Crippen LogP contribution is -2.32. The van der Waals surface area contributed by atoms with Gasteiger partial charge in [-0.15, -0.1) is 11.8 Å². The van der Waals surface area contributed by atoms with E-state index in [0.717, 1.165) is 29.8 Å². The van der Waals surface area contributed by atoms with Gasteiger partial charge in [0, 0.05) is 10.6 Å². The first-order chi connectivity index (χ1) is 11.1. The number of nitrogens with one attached hydrogen (secondary N) is 1. The van der Waals surface area contributed by atoms with Crippen LogP contribution in [0.1, 0.15) is 30.0 Å². The fourth-order valence-corrected chi connectivity index (χ4v) is 3.98. The maximum absolute atomic E-state index is 12.3. The van der Waals surface area contributed by atoms with Crippen molar-refractivity contribution in [1.82, 2.24) is 5.32 Å². The Balaban J connectivity index is 1.62. The molecule has 0 saturated heterocycles. The summed E-state index contributed by atoms with van der Waals surface area (Å²) in [5.41, 5.74) is 9.08. The standard InChI is InChI=1S/C18H19ClN2OS/c19-15-5-1-2-7-17(15)23-11-18(22)21-16-6-3-4-12-10-13(20)8-9-14(12)16/h1-2,5,7-10,16H,3-4,6,11,20H2,(H,21,22). The molecule has 5 heteroatoms. The lowest BCUT2D eigenvalue weighted by atomic mass is 9.87. The number of halogens is 1. The quantitative estimate of drug-likeness (QED) is 0.644. The van der Waals surface area contributed by atoms with Crippen LogP contribution in [0.25, 0.3) is 0 Å². The van der Waals surface area contributed by atoms with Crippen molar-refractivity contribution in [2.75, 3.05) is 11.5 Å². The van der Waals surface area contributed by atoms with Crippen LogP contribution in [-0.4, -0.2) is 11.7 Å². The second kappa shape index (κ2) is 7.28. The topological polar surface area (TPSA) is 55.1 Å². The summed E-state index contributed by atoms with van der Waals surface area (Å²) in [6, 6.07) is 13.6. The average Bonchev–Trinajstić information content (AvgIpc) is 2.54. The second-order valence-corrected chi connectivity index (χ2v) is 7.11. The van der Waals surface area contributed by atoms with Crippen molar-refractivity contribution < 1.29 is 4.79 Å². The molecule has 0 aliphatic heterocycles. The Bertz CT molecular complexity index is 720. The molecule has 0 spiro atoms. The molecule has 0 saturated carbocycles. The SMILES string of the molecule is Nc1ccc2c(c1)CCCC2NC(=O)CSc1ccccc1Cl. The molecule has 3 rings (SSSR count). The number of amides is 1. The molecule has 1 aliphatic rings. The first kappa shape index (κ1) is 16.2. The molecule has 3 N–H and O–H groups in total. The van der Waals surface area contributed by atoms with Gasteiger partial charge in [-0.1, -0.05) is 29.8 Å². The van der Waals surface area contributed by atoms with E-state index in [-0.39, 0.29) is 11.9 Å². The van der Waals surface area contributed by atoms with Gasteiger partial charge in [0.25, 0.3) is 0 Å². The zero-order valence-corrected chi connectivity index (χ0v) is 14.3. The molecule has 0 fully saturated rings. The van der Waals surface area contributed by atoms with Crippen molar-refractivity contribution in [2.24, 2.45) is 0 Å². The van der Waals surface area contributed by atoms with Crippen molar-refractivity contribution in [1.29, 1.82) is 0 Å². The molecule has 0 radical (unpaired) electrons. The summed E-state index contributed by atoms with van der Waals surface area (Å²) in [6.45, 7) is 0. The fourth-order valence-electron chi connectivity index (χ4n) is 2.93. The van der Waals surface area contributed by atoms with Crippen LogP contribution >= 0.6 is 23.4 Å². The molecule has 1 amide bonds. The molecule has 0 aromatic heterocycles. The lowest BCUT2D eigenvalue weighted by Gasteiger charge is -2.26. The van der Waals surface area contributed by atoms with Gasteiger partial charge in [0.2, 0.25) is 5.91 Å². The molecule has 2 aromatic rings. The van der Waals surface area contributed by atoms with Crippen molar-refractivity contribution in [2.45, 2.75) is 30.2 Å². The van der Waals surface area contributed by atoms with Gasteiger partial charge in [-0.05, 0) is 54.7 Å². The maximum Gasteiger partial charge on any atom is 0.230 e. The molecule has 1 unspecified atom stereocenters. The Hall–Kier alpha value is -1.65. The minimum Gasteiger partial charge on any atom is -0.399 e. The molecule has 1 aliphatic carbocycles. The first-order valence-electron chi connectivity index (χ1n) is 7.68. The molecular formula is C18H19ClN2OS. The number of thioether (sulfide) groups is 1. The van der Waals surface area contributed by atoms with Crippen molar-refractivity contribution in [3.8, 4) is 0 Å². The molecule has 2 aromatic carbocycles. The highest BCUT2D eigenvalue weighted by Crippen LogP contribution is 2.31. The number of fused-ring (bicyclic) bond motifs is 1. The van der Waals surface area contributed by atoms with Crippen LogP contribution < -0.4 is 11.1 Å². The molecule has 120 valence electrons. The fraction of sp³-hybridized carbons (Fsp3) is 0.278. The van der Waals surface area contributed by atoms with Gasteiger partial charge in [-0.2, -0.15) is 0 Å². The highest BCUT2D eigenvalue weighted by Gasteiger charge is 2.21. The van der Waals surface area contributed by atoms with Gasteiger partial charge in [0.1, 0.15) is 0 Å². The number of anilines is 1. The van der Waals surface area contributed by atoms with Crippen molar-refractivity contribution >= 4 is 35.0 Å². The summed E-state index contributed by atoms with van der Waals surface area (Å²) >= 11 is 7.58. The Labute approximate surface area is 145 Å². The molecule has 23 heavy (non-hydrogen) atoms. The smallest absolute Gasteiger partial charge is 0.230 e. The molecular weight excluding hydrogens is 328 g/mol. The zero-order chi connectivity index (χ0) is 16.2. The number of nitrogens with two attached hydrogens (primary N) is 1. The van der Waals surface area contributed by atoms with E-state index in [1.807, 2.05) is 42.5 Å². The third-order valence-electron chi connectivity index (χ3n) is 4.01. The number of hydrogen-bond donors (Lipinski definition) is 2. The number of hydrogen-bond acceptors (Lipinski definition) is 3. The first-order valence-corrected chi connectivity index (χ1v) is 9.05. The summed E-state index contributed by atoms with van der Waals surface area (Å²) in [5, 5.41) is 3.82. The highest BCUT2D eigenvalue weighted by atomic mass is 35.5. The van der Waals surface area contributed by atoms with E-state index in [0.29, 0.717) is 10.8 Å². The van der Waals surface area contributed by atoms with Gasteiger partial charge < -0.3 is 11.1 Å². The largest absolute Gasteiger partial charge is 0.399 e. The molecule has 0 bridgehead atoms. The van der Waals surface area contributed by atoms with Crippen LogP contribution in [0.2, 0.25) is 5.02 Å². The van der Waals surface area contributed by atoms with E-state index in [1.165, 1.54) is 22.9 Å². The van der Waals surface area contributed by atoms with Crippen molar-refractivity contribution in [3.63, 3.8) is 0 Å². The Morgan fingerprint density at radius 1 is 1.30 bits per heavy atom. The van der Waals surface area contributed by atoms with Crippen LogP contribution in [0.15, 0.2) is 47.4 Å². The predicted octanol–water partition coefficient (Wildman–Crippen LogP) is 4.21. The van der Waals surface area contributed by atoms with E-state index in [1.54, 1.807) is 0 Å². The Morgan fingerprint density at radius 2 is 2.13 bits per heavy atom. The normalized spacial score (nSPS) is 16.7. The summed E-state index contributed by atoms with van der Waals surface area (Å²) in [7, 11) is 0. The zero-order valence-electron chi connectivity index (χ0n) is 12.7. The number of aryl methyl sites for hydroxylation is 1. The van der Waals surface area contributed by atoms with E-state index >= 15 is 0 Å². The predicted molar refractivity (Wildman–Crippen MR) is 96.9 cm³/mol. The minimum atomic E-state index is 0.0320. The summed E-state index contributed by atoms with van der Waals surface area (Å²) in [6.07, 6.45) is 3.07. The Kier molecular flexibility index (Phi) is 5.13. The van der Waals surface area contributed by atoms with E-state index in [9.17, 15) is 4.79 Å². The van der Waals surface area contributed by atoms with E-state index in [2.05, 4.69) is 5.32 Å². The van der Waals surface area contributed by atoms with E-state index < -0.39 is 0 Å². The molecule has 3 nitrogen and oxygen atoms in total. The molecule has 0 heterocycles. The van der Waals surface area contributed by atoms with E-state index in [4.69, 9.17) is 17.3 Å². The maximum atomic E-state index is 12.3. The molecule has 1 atom stereocenters. The monoisotopic (exact) mass is 346 g/mol. The lowest BCUT2D eigenvalue weighted by molar-refractivity contribution is -0.119. The number of rotatable bonds is 4.